The SMILES string of the molecule is C[C@H](C[C@H](N)[C@H](Cc1ccccc1)NC(=O)c1cc(OCC2CC2)cc(N(C)S(C)(=O)=O)c1)C(=O)Nc1ccc(F)cc1. The molecular weight excluding hydrogens is 571 g/mol. The molecular formula is C32H39FN4O5S. The van der Waals surface area contributed by atoms with Crippen LogP contribution in [0, 0.1) is 17.7 Å². The van der Waals surface area contributed by atoms with Crippen molar-refractivity contribution in [2.75, 3.05) is 29.5 Å². The molecule has 0 aromatic heterocycles. The summed E-state index contributed by atoms with van der Waals surface area (Å²) in [5.74, 6) is -0.767. The number of rotatable bonds is 14. The quantitative estimate of drug-likeness (QED) is 0.249. The maximum atomic E-state index is 13.7. The molecule has 11 heteroatoms. The molecule has 1 saturated carbocycles. The van der Waals surface area contributed by atoms with Gasteiger partial charge in [-0.2, -0.15) is 0 Å². The minimum absolute atomic E-state index is 0.228. The minimum atomic E-state index is -3.59. The number of nitrogens with one attached hydrogen (secondary N) is 2. The predicted molar refractivity (Wildman–Crippen MR) is 166 cm³/mol. The number of hydrogen-bond donors (Lipinski definition) is 3. The van der Waals surface area contributed by atoms with Crippen molar-refractivity contribution in [2.24, 2.45) is 17.6 Å². The number of halogens is 1. The summed E-state index contributed by atoms with van der Waals surface area (Å²) in [6.07, 6.45) is 3.92. The number of sulfonamides is 1. The minimum Gasteiger partial charge on any atom is -0.493 e. The number of nitrogens with zero attached hydrogens (tertiary/aromatic N) is 1. The maximum absolute atomic E-state index is 13.7. The molecule has 3 atom stereocenters. The average molecular weight is 611 g/mol. The molecule has 3 aromatic carbocycles. The van der Waals surface area contributed by atoms with Crippen molar-refractivity contribution < 1.29 is 27.1 Å². The van der Waals surface area contributed by atoms with Gasteiger partial charge in [0, 0.05) is 42.4 Å². The Balaban J connectivity index is 1.53. The standard InChI is InChI=1S/C32H39FN4O5S/c1-21(31(38)35-26-13-11-25(33)12-14-26)15-29(34)30(16-22-7-5-4-6-8-22)36-32(39)24-17-27(37(2)43(3,40)41)19-28(18-24)42-20-23-9-10-23/h4-8,11-14,17-19,21,23,29-30H,9-10,15-16,20,34H2,1-3H3,(H,35,38)(H,36,39)/t21-,29+,30+/m1/s1. The van der Waals surface area contributed by atoms with E-state index in [1.54, 1.807) is 19.1 Å². The van der Waals surface area contributed by atoms with Gasteiger partial charge in [0.15, 0.2) is 0 Å². The van der Waals surface area contributed by atoms with E-state index < -0.39 is 39.7 Å². The van der Waals surface area contributed by atoms with Gasteiger partial charge in [0.25, 0.3) is 5.91 Å². The van der Waals surface area contributed by atoms with Crippen LogP contribution < -0.4 is 25.4 Å². The van der Waals surface area contributed by atoms with Crippen LogP contribution in [0.1, 0.15) is 42.1 Å². The number of ether oxygens (including phenoxy) is 1. The van der Waals surface area contributed by atoms with E-state index in [0.29, 0.717) is 36.1 Å². The Bertz CT molecular complexity index is 1510. The molecule has 0 radical (unpaired) electrons. The van der Waals surface area contributed by atoms with Crippen molar-refractivity contribution in [1.82, 2.24) is 5.32 Å². The van der Waals surface area contributed by atoms with Crippen molar-refractivity contribution in [3.63, 3.8) is 0 Å². The van der Waals surface area contributed by atoms with E-state index in [9.17, 15) is 22.4 Å². The summed E-state index contributed by atoms with van der Waals surface area (Å²) in [4.78, 5) is 26.5. The molecule has 9 nitrogen and oxygen atoms in total. The highest BCUT2D eigenvalue weighted by molar-refractivity contribution is 7.92. The van der Waals surface area contributed by atoms with Crippen LogP contribution >= 0.6 is 0 Å². The lowest BCUT2D eigenvalue weighted by atomic mass is 9.92. The Morgan fingerprint density at radius 3 is 2.37 bits per heavy atom. The van der Waals surface area contributed by atoms with E-state index in [0.717, 1.165) is 29.0 Å². The fourth-order valence-corrected chi connectivity index (χ4v) is 5.07. The molecule has 0 heterocycles. The average Bonchev–Trinajstić information content (AvgIpc) is 3.81. The Labute approximate surface area is 252 Å². The lowest BCUT2D eigenvalue weighted by Crippen LogP contribution is -2.50. The smallest absolute Gasteiger partial charge is 0.251 e. The largest absolute Gasteiger partial charge is 0.493 e. The molecule has 43 heavy (non-hydrogen) atoms. The summed E-state index contributed by atoms with van der Waals surface area (Å²) in [5, 5.41) is 5.80. The van der Waals surface area contributed by atoms with Crippen molar-refractivity contribution in [3.8, 4) is 5.75 Å². The lowest BCUT2D eigenvalue weighted by molar-refractivity contribution is -0.119. The first-order valence-corrected chi connectivity index (χ1v) is 16.1. The van der Waals surface area contributed by atoms with E-state index in [1.165, 1.54) is 37.4 Å². The van der Waals surface area contributed by atoms with Crippen molar-refractivity contribution in [1.29, 1.82) is 0 Å². The second-order valence-corrected chi connectivity index (χ2v) is 13.3. The van der Waals surface area contributed by atoms with E-state index in [4.69, 9.17) is 10.5 Å². The van der Waals surface area contributed by atoms with Crippen molar-refractivity contribution in [2.45, 2.75) is 44.7 Å². The zero-order chi connectivity index (χ0) is 31.1. The number of carbonyl (C=O) groups excluding carboxylic acids is 2. The number of amides is 2. The maximum Gasteiger partial charge on any atom is 0.251 e. The van der Waals surface area contributed by atoms with Gasteiger partial charge in [0.1, 0.15) is 11.6 Å². The Hall–Kier alpha value is -3.96. The Kier molecular flexibility index (Phi) is 10.4. The third-order valence-corrected chi connectivity index (χ3v) is 8.72. The third kappa shape index (κ3) is 9.52. The van der Waals surface area contributed by atoms with E-state index in [1.807, 2.05) is 30.3 Å². The van der Waals surface area contributed by atoms with Gasteiger partial charge in [-0.15, -0.1) is 0 Å². The summed E-state index contributed by atoms with van der Waals surface area (Å²) in [5.41, 5.74) is 8.59. The van der Waals surface area contributed by atoms with Crippen LogP contribution in [0.2, 0.25) is 0 Å². The fraction of sp³-hybridized carbons (Fsp3) is 0.375. The highest BCUT2D eigenvalue weighted by atomic mass is 32.2. The number of hydrogen-bond acceptors (Lipinski definition) is 6. The van der Waals surface area contributed by atoms with Crippen LogP contribution in [0.5, 0.6) is 5.75 Å². The molecule has 1 aliphatic rings. The molecule has 1 aliphatic carbocycles. The van der Waals surface area contributed by atoms with Crippen LogP contribution in [0.15, 0.2) is 72.8 Å². The van der Waals surface area contributed by atoms with Gasteiger partial charge < -0.3 is 21.1 Å². The molecule has 4 rings (SSSR count). The molecule has 2 amide bonds. The molecule has 0 spiro atoms. The van der Waals surface area contributed by atoms with E-state index in [-0.39, 0.29) is 17.9 Å². The molecule has 0 bridgehead atoms. The van der Waals surface area contributed by atoms with Gasteiger partial charge in [-0.1, -0.05) is 37.3 Å². The number of benzene rings is 3. The number of carbonyl (C=O) groups is 2. The first kappa shape index (κ1) is 32.0. The van der Waals surface area contributed by atoms with Gasteiger partial charge in [-0.3, -0.25) is 13.9 Å². The Morgan fingerprint density at radius 1 is 1.07 bits per heavy atom. The highest BCUT2D eigenvalue weighted by Gasteiger charge is 2.27. The monoisotopic (exact) mass is 610 g/mol. The zero-order valence-electron chi connectivity index (χ0n) is 24.6. The van der Waals surface area contributed by atoms with Gasteiger partial charge in [0.2, 0.25) is 15.9 Å². The van der Waals surface area contributed by atoms with Gasteiger partial charge in [0.05, 0.1) is 18.6 Å². The van der Waals surface area contributed by atoms with Crippen molar-refractivity contribution >= 4 is 33.2 Å². The van der Waals surface area contributed by atoms with Crippen molar-refractivity contribution in [3.05, 3.63) is 89.7 Å². The Morgan fingerprint density at radius 2 is 1.74 bits per heavy atom. The lowest BCUT2D eigenvalue weighted by Gasteiger charge is -2.28. The second kappa shape index (κ2) is 14.0. The fourth-order valence-electron chi connectivity index (χ4n) is 4.58. The van der Waals surface area contributed by atoms with Gasteiger partial charge in [-0.05, 0) is 73.6 Å². The summed E-state index contributed by atoms with van der Waals surface area (Å²) < 4.78 is 44.8. The predicted octanol–water partition coefficient (Wildman–Crippen LogP) is 4.34. The van der Waals surface area contributed by atoms with Crippen LogP contribution in [0.4, 0.5) is 15.8 Å². The molecule has 0 unspecified atom stereocenters. The highest BCUT2D eigenvalue weighted by Crippen LogP contribution is 2.31. The van der Waals surface area contributed by atoms with Crippen LogP contribution in [0.25, 0.3) is 0 Å². The van der Waals surface area contributed by atoms with Crippen LogP contribution in [0.3, 0.4) is 0 Å². The molecule has 3 aromatic rings. The van der Waals surface area contributed by atoms with E-state index in [2.05, 4.69) is 10.6 Å². The third-order valence-electron chi connectivity index (χ3n) is 7.51. The molecule has 230 valence electrons. The first-order valence-electron chi connectivity index (χ1n) is 14.3. The summed E-state index contributed by atoms with van der Waals surface area (Å²) in [6, 6.07) is 18.6. The summed E-state index contributed by atoms with van der Waals surface area (Å²) in [6.45, 7) is 2.24. The normalized spacial score (nSPS) is 15.2. The topological polar surface area (TPSA) is 131 Å². The molecule has 4 N–H and O–H groups in total. The van der Waals surface area contributed by atoms with Gasteiger partial charge >= 0.3 is 0 Å². The molecule has 0 aliphatic heterocycles. The first-order chi connectivity index (χ1) is 20.4. The summed E-state index contributed by atoms with van der Waals surface area (Å²) in [7, 11) is -2.17. The molecule has 0 saturated heterocycles. The zero-order valence-corrected chi connectivity index (χ0v) is 25.4. The summed E-state index contributed by atoms with van der Waals surface area (Å²) >= 11 is 0. The molecule has 1 fully saturated rings. The number of anilines is 2. The van der Waals surface area contributed by atoms with Gasteiger partial charge in [-0.25, -0.2) is 12.8 Å². The van der Waals surface area contributed by atoms with Crippen LogP contribution in [-0.4, -0.2) is 52.2 Å². The van der Waals surface area contributed by atoms with Crippen LogP contribution in [-0.2, 0) is 21.2 Å². The number of nitrogens with two attached hydrogens (primary N) is 1. The second-order valence-electron chi connectivity index (χ2n) is 11.3. The van der Waals surface area contributed by atoms with E-state index >= 15 is 0 Å².